The molecular weight excluding hydrogens is 300 g/mol. The van der Waals surface area contributed by atoms with Crippen LogP contribution in [0.15, 0.2) is 67.3 Å². The van der Waals surface area contributed by atoms with Gasteiger partial charge < -0.3 is 4.90 Å². The molecule has 0 aliphatic heterocycles. The molecule has 1 aromatic heterocycles. The number of allylic oxidation sites excluding steroid dienone is 1. The summed E-state index contributed by atoms with van der Waals surface area (Å²) in [4.78, 5) is 18.2. The zero-order valence-corrected chi connectivity index (χ0v) is 13.6. The molecule has 0 radical (unpaired) electrons. The molecule has 0 saturated carbocycles. The van der Waals surface area contributed by atoms with Gasteiger partial charge in [0.25, 0.3) is 0 Å². The topological polar surface area (TPSA) is 51.0 Å². The summed E-state index contributed by atoms with van der Waals surface area (Å²) in [6, 6.07) is 15.3. The molecule has 0 saturated heterocycles. The molecule has 3 aromatic rings. The number of anilines is 1. The number of rotatable bonds is 5. The van der Waals surface area contributed by atoms with Crippen LogP contribution in [-0.2, 0) is 0 Å². The van der Waals surface area contributed by atoms with Crippen LogP contribution in [0, 0.1) is 0 Å². The number of carbonyl (C=O) groups is 1. The summed E-state index contributed by atoms with van der Waals surface area (Å²) < 4.78 is 1.69. The first-order chi connectivity index (χ1) is 11.6. The van der Waals surface area contributed by atoms with Crippen molar-refractivity contribution in [1.29, 1.82) is 0 Å². The van der Waals surface area contributed by atoms with Gasteiger partial charge in [-0.05, 0) is 48.0 Å². The Balaban J connectivity index is 1.69. The van der Waals surface area contributed by atoms with E-state index in [1.807, 2.05) is 73.6 Å². The van der Waals surface area contributed by atoms with Gasteiger partial charge in [0.05, 0.1) is 5.69 Å². The Morgan fingerprint density at radius 2 is 1.75 bits per heavy atom. The molecule has 1 heterocycles. The summed E-state index contributed by atoms with van der Waals surface area (Å²) in [6.07, 6.45) is 6.54. The second kappa shape index (κ2) is 6.91. The van der Waals surface area contributed by atoms with E-state index in [1.54, 1.807) is 17.1 Å². The van der Waals surface area contributed by atoms with E-state index < -0.39 is 0 Å². The fraction of sp³-hybridized carbons (Fsp3) is 0.105. The average molecular weight is 318 g/mol. The molecule has 0 unspecified atom stereocenters. The predicted molar refractivity (Wildman–Crippen MR) is 95.5 cm³/mol. The lowest BCUT2D eigenvalue weighted by atomic mass is 10.1. The molecule has 0 N–H and O–H groups in total. The molecular formula is C19H18N4O. The molecule has 0 atom stereocenters. The Hall–Kier alpha value is -3.21. The Kier molecular flexibility index (Phi) is 4.52. The monoisotopic (exact) mass is 318 g/mol. The molecule has 5 nitrogen and oxygen atoms in total. The largest absolute Gasteiger partial charge is 0.378 e. The second-order valence-corrected chi connectivity index (χ2v) is 5.57. The normalized spacial score (nSPS) is 10.9. The van der Waals surface area contributed by atoms with Crippen molar-refractivity contribution in [2.24, 2.45) is 0 Å². The average Bonchev–Trinajstić information content (AvgIpc) is 3.15. The smallest absolute Gasteiger partial charge is 0.185 e. The van der Waals surface area contributed by atoms with E-state index in [2.05, 4.69) is 10.1 Å². The standard InChI is InChI=1S/C19H18N4O/c1-22(2)17-10-6-16(7-11-17)19(24)12-5-15-3-8-18(9-4-15)23-14-20-13-21-23/h3-14H,1-2H3/b12-5+. The van der Waals surface area contributed by atoms with Gasteiger partial charge in [0, 0.05) is 25.3 Å². The molecule has 0 fully saturated rings. The Morgan fingerprint density at radius 1 is 1.04 bits per heavy atom. The van der Waals surface area contributed by atoms with Gasteiger partial charge in [0.2, 0.25) is 0 Å². The molecule has 5 heteroatoms. The maximum atomic E-state index is 12.2. The highest BCUT2D eigenvalue weighted by molar-refractivity contribution is 6.06. The van der Waals surface area contributed by atoms with E-state index in [4.69, 9.17) is 0 Å². The van der Waals surface area contributed by atoms with Crippen molar-refractivity contribution in [3.8, 4) is 5.69 Å². The first-order valence-electron chi connectivity index (χ1n) is 7.58. The summed E-state index contributed by atoms with van der Waals surface area (Å²) in [5, 5.41) is 4.08. The van der Waals surface area contributed by atoms with E-state index in [0.29, 0.717) is 5.56 Å². The Bertz CT molecular complexity index is 832. The van der Waals surface area contributed by atoms with Crippen LogP contribution in [-0.4, -0.2) is 34.6 Å². The lowest BCUT2D eigenvalue weighted by Crippen LogP contribution is -2.08. The van der Waals surface area contributed by atoms with Crippen LogP contribution in [0.3, 0.4) is 0 Å². The maximum absolute atomic E-state index is 12.2. The van der Waals surface area contributed by atoms with E-state index in [1.165, 1.54) is 6.33 Å². The molecule has 0 amide bonds. The van der Waals surface area contributed by atoms with Crippen LogP contribution < -0.4 is 4.90 Å². The summed E-state index contributed by atoms with van der Waals surface area (Å²) in [6.45, 7) is 0. The molecule has 120 valence electrons. The van der Waals surface area contributed by atoms with Crippen LogP contribution in [0.2, 0.25) is 0 Å². The molecule has 0 bridgehead atoms. The van der Waals surface area contributed by atoms with E-state index in [0.717, 1.165) is 16.9 Å². The molecule has 0 aliphatic rings. The lowest BCUT2D eigenvalue weighted by Gasteiger charge is -2.11. The minimum absolute atomic E-state index is 0.0133. The third-order valence-corrected chi connectivity index (χ3v) is 3.67. The highest BCUT2D eigenvalue weighted by Crippen LogP contribution is 2.14. The number of hydrogen-bond donors (Lipinski definition) is 0. The van der Waals surface area contributed by atoms with Crippen molar-refractivity contribution in [2.45, 2.75) is 0 Å². The first-order valence-corrected chi connectivity index (χ1v) is 7.58. The summed E-state index contributed by atoms with van der Waals surface area (Å²) >= 11 is 0. The van der Waals surface area contributed by atoms with Crippen molar-refractivity contribution in [1.82, 2.24) is 14.8 Å². The van der Waals surface area contributed by atoms with Gasteiger partial charge in [0.15, 0.2) is 5.78 Å². The fourth-order valence-corrected chi connectivity index (χ4v) is 2.27. The van der Waals surface area contributed by atoms with Gasteiger partial charge in [-0.3, -0.25) is 4.79 Å². The second-order valence-electron chi connectivity index (χ2n) is 5.57. The van der Waals surface area contributed by atoms with Crippen LogP contribution in [0.25, 0.3) is 11.8 Å². The lowest BCUT2D eigenvalue weighted by molar-refractivity contribution is 0.104. The third kappa shape index (κ3) is 3.57. The quantitative estimate of drug-likeness (QED) is 0.535. The van der Waals surface area contributed by atoms with Crippen LogP contribution in [0.1, 0.15) is 15.9 Å². The van der Waals surface area contributed by atoms with E-state index >= 15 is 0 Å². The van der Waals surface area contributed by atoms with Crippen molar-refractivity contribution in [3.63, 3.8) is 0 Å². The third-order valence-electron chi connectivity index (χ3n) is 3.67. The number of hydrogen-bond acceptors (Lipinski definition) is 4. The number of aromatic nitrogens is 3. The number of nitrogens with zero attached hydrogens (tertiary/aromatic N) is 4. The van der Waals surface area contributed by atoms with Crippen LogP contribution in [0.5, 0.6) is 0 Å². The van der Waals surface area contributed by atoms with Crippen molar-refractivity contribution >= 4 is 17.5 Å². The van der Waals surface area contributed by atoms with Crippen LogP contribution in [0.4, 0.5) is 5.69 Å². The minimum atomic E-state index is -0.0133. The number of benzene rings is 2. The minimum Gasteiger partial charge on any atom is -0.378 e. The highest BCUT2D eigenvalue weighted by Gasteiger charge is 2.03. The van der Waals surface area contributed by atoms with Crippen LogP contribution >= 0.6 is 0 Å². The Labute approximate surface area is 140 Å². The molecule has 0 aliphatic carbocycles. The number of ketones is 1. The molecule has 24 heavy (non-hydrogen) atoms. The first kappa shape index (κ1) is 15.7. The van der Waals surface area contributed by atoms with Gasteiger partial charge in [0.1, 0.15) is 12.7 Å². The van der Waals surface area contributed by atoms with Gasteiger partial charge in [-0.1, -0.05) is 18.2 Å². The zero-order valence-electron chi connectivity index (χ0n) is 13.6. The zero-order chi connectivity index (χ0) is 16.9. The SMILES string of the molecule is CN(C)c1ccc(C(=O)/C=C/c2ccc(-n3cncn3)cc2)cc1. The molecule has 0 spiro atoms. The van der Waals surface area contributed by atoms with Crippen molar-refractivity contribution < 1.29 is 4.79 Å². The molecule has 2 aromatic carbocycles. The summed E-state index contributed by atoms with van der Waals surface area (Å²) in [5.41, 5.74) is 3.63. The number of carbonyl (C=O) groups excluding carboxylic acids is 1. The summed E-state index contributed by atoms with van der Waals surface area (Å²) in [7, 11) is 3.94. The molecule has 3 rings (SSSR count). The van der Waals surface area contributed by atoms with Gasteiger partial charge in [-0.25, -0.2) is 9.67 Å². The highest BCUT2D eigenvalue weighted by atomic mass is 16.1. The van der Waals surface area contributed by atoms with E-state index in [9.17, 15) is 4.79 Å². The fourth-order valence-electron chi connectivity index (χ4n) is 2.27. The maximum Gasteiger partial charge on any atom is 0.185 e. The van der Waals surface area contributed by atoms with E-state index in [-0.39, 0.29) is 5.78 Å². The van der Waals surface area contributed by atoms with Gasteiger partial charge in [-0.2, -0.15) is 5.10 Å². The predicted octanol–water partition coefficient (Wildman–Crippen LogP) is 3.23. The van der Waals surface area contributed by atoms with Gasteiger partial charge in [-0.15, -0.1) is 0 Å². The van der Waals surface area contributed by atoms with Crippen molar-refractivity contribution in [2.75, 3.05) is 19.0 Å². The van der Waals surface area contributed by atoms with Gasteiger partial charge >= 0.3 is 0 Å². The van der Waals surface area contributed by atoms with Crippen molar-refractivity contribution in [3.05, 3.63) is 78.4 Å². The summed E-state index contributed by atoms with van der Waals surface area (Å²) in [5.74, 6) is -0.0133. The Morgan fingerprint density at radius 3 is 2.33 bits per heavy atom.